The number of amides is 1. The third kappa shape index (κ3) is 7.26. The molecule has 1 fully saturated rings. The maximum absolute atomic E-state index is 13.0. The number of likely N-dealkylation sites (tertiary alicyclic amines) is 1. The first kappa shape index (κ1) is 26.6. The summed E-state index contributed by atoms with van der Waals surface area (Å²) >= 11 is 6.34. The van der Waals surface area contributed by atoms with Gasteiger partial charge in [-0.2, -0.15) is 0 Å². The van der Waals surface area contributed by atoms with E-state index in [0.29, 0.717) is 5.70 Å². The highest BCUT2D eigenvalue weighted by molar-refractivity contribution is 6.34. The molecular formula is C26H33ClN2O6. The maximum atomic E-state index is 13.0. The summed E-state index contributed by atoms with van der Waals surface area (Å²) in [6, 6.07) is 1.00. The minimum absolute atomic E-state index is 0.0392. The van der Waals surface area contributed by atoms with Crippen LogP contribution in [0.25, 0.3) is 6.08 Å². The molecule has 2 aliphatic heterocycles. The van der Waals surface area contributed by atoms with E-state index in [-0.39, 0.29) is 40.3 Å². The number of ether oxygens (including phenoxy) is 1. The number of hydrogen-bond acceptors (Lipinski definition) is 7. The van der Waals surface area contributed by atoms with Crippen LogP contribution in [0.1, 0.15) is 61.9 Å². The Morgan fingerprint density at radius 1 is 1.17 bits per heavy atom. The van der Waals surface area contributed by atoms with Crippen molar-refractivity contribution in [2.75, 3.05) is 19.7 Å². The van der Waals surface area contributed by atoms with Gasteiger partial charge >= 0.3 is 5.97 Å². The molecule has 0 aliphatic carbocycles. The van der Waals surface area contributed by atoms with Crippen molar-refractivity contribution in [3.8, 4) is 11.5 Å². The van der Waals surface area contributed by atoms with Gasteiger partial charge in [0.1, 0.15) is 23.2 Å². The summed E-state index contributed by atoms with van der Waals surface area (Å²) < 4.78 is 5.59. The third-order valence-electron chi connectivity index (χ3n) is 6.13. The highest BCUT2D eigenvalue weighted by Crippen LogP contribution is 2.38. The number of phenols is 2. The molecule has 0 aromatic heterocycles. The molecule has 2 atom stereocenters. The van der Waals surface area contributed by atoms with Crippen LogP contribution < -0.4 is 5.48 Å². The van der Waals surface area contributed by atoms with Gasteiger partial charge in [-0.05, 0) is 51.2 Å². The van der Waals surface area contributed by atoms with Crippen molar-refractivity contribution in [1.29, 1.82) is 0 Å². The number of cyclic esters (lactones) is 1. The van der Waals surface area contributed by atoms with E-state index < -0.39 is 17.8 Å². The SMILES string of the molecule is C[C@H]1C=CCC/C=C/C(NOCC(=O)N2CCCCC2)=C/c2c(Cl)c(O)cc(O)c2C(=O)O[C@@H]1C. The summed E-state index contributed by atoms with van der Waals surface area (Å²) in [5, 5.41) is 20.5. The summed E-state index contributed by atoms with van der Waals surface area (Å²) in [5.41, 5.74) is 3.01. The van der Waals surface area contributed by atoms with Crippen LogP contribution in [-0.2, 0) is 14.4 Å². The van der Waals surface area contributed by atoms with Crippen LogP contribution in [0.2, 0.25) is 5.02 Å². The van der Waals surface area contributed by atoms with E-state index in [0.717, 1.165) is 51.3 Å². The van der Waals surface area contributed by atoms with Crippen molar-refractivity contribution in [2.45, 2.75) is 52.1 Å². The summed E-state index contributed by atoms with van der Waals surface area (Å²) in [4.78, 5) is 32.7. The molecule has 9 heteroatoms. The molecule has 2 heterocycles. The topological polar surface area (TPSA) is 108 Å². The second-order valence-corrected chi connectivity index (χ2v) is 9.20. The number of nitrogens with zero attached hydrogens (tertiary/aromatic N) is 1. The Bertz CT molecular complexity index is 1010. The van der Waals surface area contributed by atoms with E-state index in [4.69, 9.17) is 21.2 Å². The zero-order valence-corrected chi connectivity index (χ0v) is 20.9. The number of nitrogens with one attached hydrogen (secondary N) is 1. The van der Waals surface area contributed by atoms with Crippen molar-refractivity contribution < 1.29 is 29.4 Å². The van der Waals surface area contributed by atoms with Gasteiger partial charge in [0, 0.05) is 30.6 Å². The fraction of sp³-hybridized carbons (Fsp3) is 0.462. The van der Waals surface area contributed by atoms with Crippen LogP contribution in [0.5, 0.6) is 11.5 Å². The smallest absolute Gasteiger partial charge is 0.342 e. The Labute approximate surface area is 210 Å². The summed E-state index contributed by atoms with van der Waals surface area (Å²) in [6.07, 6.45) is 13.2. The average molecular weight is 505 g/mol. The number of esters is 1. The second kappa shape index (κ2) is 12.7. The number of carbonyl (C=O) groups is 2. The molecule has 3 N–H and O–H groups in total. The Morgan fingerprint density at radius 3 is 2.63 bits per heavy atom. The number of piperidine rings is 1. The van der Waals surface area contributed by atoms with Crippen LogP contribution in [-0.4, -0.2) is 52.8 Å². The van der Waals surface area contributed by atoms with Crippen molar-refractivity contribution in [3.63, 3.8) is 0 Å². The van der Waals surface area contributed by atoms with Crippen molar-refractivity contribution >= 4 is 29.6 Å². The number of aromatic hydroxyl groups is 2. The normalized spacial score (nSPS) is 23.9. The minimum atomic E-state index is -0.773. The minimum Gasteiger partial charge on any atom is -0.507 e. The molecule has 2 aliphatic rings. The molecule has 1 aromatic rings. The first-order valence-electron chi connectivity index (χ1n) is 11.9. The molecule has 0 bridgehead atoms. The van der Waals surface area contributed by atoms with Crippen LogP contribution >= 0.6 is 11.6 Å². The number of phenolic OH excluding ortho intramolecular Hbond substituents is 2. The molecule has 0 saturated carbocycles. The van der Waals surface area contributed by atoms with Gasteiger partial charge in [-0.25, -0.2) is 4.79 Å². The number of hydrogen-bond donors (Lipinski definition) is 3. The molecule has 35 heavy (non-hydrogen) atoms. The van der Waals surface area contributed by atoms with Gasteiger partial charge in [-0.1, -0.05) is 36.8 Å². The maximum Gasteiger partial charge on any atom is 0.342 e. The lowest BCUT2D eigenvalue weighted by Gasteiger charge is -2.26. The number of fused-ring (bicyclic) bond motifs is 1. The first-order chi connectivity index (χ1) is 16.8. The number of halogens is 1. The highest BCUT2D eigenvalue weighted by Gasteiger charge is 2.25. The predicted octanol–water partition coefficient (Wildman–Crippen LogP) is 4.71. The summed E-state index contributed by atoms with van der Waals surface area (Å²) in [5.74, 6) is -1.78. The quantitative estimate of drug-likeness (QED) is 0.309. The molecule has 1 aromatic carbocycles. The Kier molecular flexibility index (Phi) is 9.63. The fourth-order valence-electron chi connectivity index (χ4n) is 3.89. The fourth-order valence-corrected chi connectivity index (χ4v) is 4.09. The number of carbonyl (C=O) groups excluding carboxylic acids is 2. The van der Waals surface area contributed by atoms with Gasteiger partial charge in [-0.15, -0.1) is 0 Å². The number of rotatable bonds is 4. The number of hydroxylamine groups is 1. The largest absolute Gasteiger partial charge is 0.507 e. The van der Waals surface area contributed by atoms with E-state index in [1.54, 1.807) is 17.9 Å². The van der Waals surface area contributed by atoms with E-state index >= 15 is 0 Å². The van der Waals surface area contributed by atoms with Crippen LogP contribution in [0.4, 0.5) is 0 Å². The second-order valence-electron chi connectivity index (χ2n) is 8.83. The van der Waals surface area contributed by atoms with Crippen LogP contribution in [0, 0.1) is 5.92 Å². The summed E-state index contributed by atoms with van der Waals surface area (Å²) in [7, 11) is 0. The monoisotopic (exact) mass is 504 g/mol. The lowest BCUT2D eigenvalue weighted by molar-refractivity contribution is -0.139. The van der Waals surface area contributed by atoms with Gasteiger partial charge < -0.3 is 19.8 Å². The summed E-state index contributed by atoms with van der Waals surface area (Å²) in [6.45, 7) is 4.98. The molecule has 1 amide bonds. The Morgan fingerprint density at radius 2 is 1.89 bits per heavy atom. The van der Waals surface area contributed by atoms with Gasteiger partial charge in [0.05, 0.1) is 10.7 Å². The Balaban J connectivity index is 1.90. The van der Waals surface area contributed by atoms with Gasteiger partial charge in [0.2, 0.25) is 0 Å². The molecule has 0 unspecified atom stereocenters. The van der Waals surface area contributed by atoms with E-state index in [1.807, 2.05) is 25.2 Å². The average Bonchev–Trinajstić information content (AvgIpc) is 2.83. The molecular weight excluding hydrogens is 472 g/mol. The first-order valence-corrected chi connectivity index (χ1v) is 12.3. The zero-order chi connectivity index (χ0) is 25.4. The molecule has 0 spiro atoms. The third-order valence-corrected chi connectivity index (χ3v) is 6.53. The highest BCUT2D eigenvalue weighted by atomic mass is 35.5. The zero-order valence-electron chi connectivity index (χ0n) is 20.1. The van der Waals surface area contributed by atoms with E-state index in [2.05, 4.69) is 5.48 Å². The van der Waals surface area contributed by atoms with Crippen LogP contribution in [0.3, 0.4) is 0 Å². The molecule has 3 rings (SSSR count). The van der Waals surface area contributed by atoms with Crippen molar-refractivity contribution in [3.05, 3.63) is 52.2 Å². The van der Waals surface area contributed by atoms with Gasteiger partial charge in [0.15, 0.2) is 6.61 Å². The van der Waals surface area contributed by atoms with Gasteiger partial charge in [-0.3, -0.25) is 15.1 Å². The number of benzene rings is 1. The van der Waals surface area contributed by atoms with Gasteiger partial charge in [0.25, 0.3) is 5.91 Å². The molecule has 190 valence electrons. The van der Waals surface area contributed by atoms with Crippen LogP contribution in [0.15, 0.2) is 36.1 Å². The Hall–Kier alpha value is -2.97. The van der Waals surface area contributed by atoms with E-state index in [9.17, 15) is 19.8 Å². The predicted molar refractivity (Wildman–Crippen MR) is 134 cm³/mol. The lowest BCUT2D eigenvalue weighted by atomic mass is 10.0. The standard InChI is InChI=1S/C26H33ClN2O6/c1-17-10-6-3-4-7-11-19(28-34-16-23(32)29-12-8-5-9-13-29)14-20-24(26(33)35-18(17)2)21(30)15-22(31)25(20)27/h6-7,10-11,14-15,17-18,28,30-31H,3-5,8-9,12-13,16H2,1-2H3/b10-6?,11-7+,19-14-/t17-,18+/m0/s1. The van der Waals surface area contributed by atoms with Crippen molar-refractivity contribution in [2.24, 2.45) is 5.92 Å². The molecule has 8 nitrogen and oxygen atoms in total. The van der Waals surface area contributed by atoms with E-state index in [1.165, 1.54) is 6.08 Å². The molecule has 1 saturated heterocycles. The lowest BCUT2D eigenvalue weighted by Crippen LogP contribution is -2.39. The molecule has 0 radical (unpaired) electrons. The number of allylic oxidation sites excluding steroid dienone is 3. The van der Waals surface area contributed by atoms with Crippen molar-refractivity contribution in [1.82, 2.24) is 10.4 Å².